The monoisotopic (exact) mass is 368 g/mol. The smallest absolute Gasteiger partial charge is 0.230 e. The quantitative estimate of drug-likeness (QED) is 0.515. The lowest BCUT2D eigenvalue weighted by atomic mass is 10.1. The fraction of sp³-hybridized carbons (Fsp3) is 0.438. The second-order valence-corrected chi connectivity index (χ2v) is 6.55. The van der Waals surface area contributed by atoms with Gasteiger partial charge in [0.05, 0.1) is 5.75 Å². The van der Waals surface area contributed by atoms with Crippen molar-refractivity contribution in [3.05, 3.63) is 41.2 Å². The minimum absolute atomic E-state index is 0.0135. The topological polar surface area (TPSA) is 69.0 Å². The summed E-state index contributed by atoms with van der Waals surface area (Å²) in [5.41, 5.74) is 1.14. The van der Waals surface area contributed by atoms with Crippen LogP contribution in [-0.2, 0) is 22.5 Å². The van der Waals surface area contributed by atoms with Gasteiger partial charge in [0.1, 0.15) is 6.33 Å². The Bertz CT molecular complexity index is 633. The number of carbonyl (C=O) groups is 1. The van der Waals surface area contributed by atoms with E-state index < -0.39 is 0 Å². The first kappa shape index (κ1) is 18.8. The maximum Gasteiger partial charge on any atom is 0.230 e. The summed E-state index contributed by atoms with van der Waals surface area (Å²) in [4.78, 5) is 11.9. The molecule has 1 amide bonds. The first-order valence-electron chi connectivity index (χ1n) is 7.69. The van der Waals surface area contributed by atoms with Crippen molar-refractivity contribution in [2.45, 2.75) is 24.5 Å². The SMILES string of the molecule is COCCCn1cnnc1SCC(=O)NCCc1ccc(Cl)cc1. The number of halogens is 1. The van der Waals surface area contributed by atoms with Gasteiger partial charge in [0.25, 0.3) is 0 Å². The highest BCUT2D eigenvalue weighted by Gasteiger charge is 2.08. The Balaban J connectivity index is 1.67. The van der Waals surface area contributed by atoms with E-state index in [1.807, 2.05) is 28.8 Å². The molecule has 0 spiro atoms. The number of ether oxygens (including phenoxy) is 1. The van der Waals surface area contributed by atoms with Gasteiger partial charge in [-0.3, -0.25) is 4.79 Å². The molecule has 6 nitrogen and oxygen atoms in total. The van der Waals surface area contributed by atoms with Crippen molar-refractivity contribution in [2.75, 3.05) is 26.0 Å². The number of benzene rings is 1. The van der Waals surface area contributed by atoms with Crippen LogP contribution >= 0.6 is 23.4 Å². The van der Waals surface area contributed by atoms with Gasteiger partial charge in [-0.1, -0.05) is 35.5 Å². The van der Waals surface area contributed by atoms with E-state index in [4.69, 9.17) is 16.3 Å². The fourth-order valence-corrected chi connectivity index (χ4v) is 2.96. The van der Waals surface area contributed by atoms with E-state index >= 15 is 0 Å². The van der Waals surface area contributed by atoms with Crippen molar-refractivity contribution in [2.24, 2.45) is 0 Å². The molecule has 2 rings (SSSR count). The zero-order chi connectivity index (χ0) is 17.2. The fourth-order valence-electron chi connectivity index (χ4n) is 2.07. The Labute approximate surface area is 150 Å². The number of rotatable bonds is 10. The number of hydrogen-bond donors (Lipinski definition) is 1. The molecule has 0 radical (unpaired) electrons. The maximum atomic E-state index is 11.9. The summed E-state index contributed by atoms with van der Waals surface area (Å²) in [7, 11) is 1.68. The number of hydrogen-bond acceptors (Lipinski definition) is 5. The van der Waals surface area contributed by atoms with E-state index in [0.717, 1.165) is 30.1 Å². The molecule has 1 heterocycles. The summed E-state index contributed by atoms with van der Waals surface area (Å²) in [6, 6.07) is 7.63. The maximum absolute atomic E-state index is 11.9. The van der Waals surface area contributed by atoms with Gasteiger partial charge in [-0.25, -0.2) is 0 Å². The van der Waals surface area contributed by atoms with Crippen LogP contribution in [0.2, 0.25) is 5.02 Å². The molecule has 0 aliphatic heterocycles. The molecule has 0 aliphatic rings. The number of nitrogens with zero attached hydrogens (tertiary/aromatic N) is 3. The van der Waals surface area contributed by atoms with Gasteiger partial charge in [-0.2, -0.15) is 0 Å². The molecule has 24 heavy (non-hydrogen) atoms. The lowest BCUT2D eigenvalue weighted by molar-refractivity contribution is -0.118. The highest BCUT2D eigenvalue weighted by molar-refractivity contribution is 7.99. The molecule has 0 aliphatic carbocycles. The van der Waals surface area contributed by atoms with Crippen molar-refractivity contribution < 1.29 is 9.53 Å². The van der Waals surface area contributed by atoms with Crippen molar-refractivity contribution in [3.8, 4) is 0 Å². The largest absolute Gasteiger partial charge is 0.385 e. The highest BCUT2D eigenvalue weighted by atomic mass is 35.5. The van der Waals surface area contributed by atoms with E-state index in [2.05, 4.69) is 15.5 Å². The summed E-state index contributed by atoms with van der Waals surface area (Å²) >= 11 is 7.23. The first-order chi connectivity index (χ1) is 11.7. The minimum atomic E-state index is -0.0135. The van der Waals surface area contributed by atoms with Crippen molar-refractivity contribution in [1.29, 1.82) is 0 Å². The molecular weight excluding hydrogens is 348 g/mol. The third-order valence-electron chi connectivity index (χ3n) is 3.31. The Hall–Kier alpha value is -1.57. The Kier molecular flexibility index (Phi) is 8.07. The number of nitrogens with one attached hydrogen (secondary N) is 1. The zero-order valence-corrected chi connectivity index (χ0v) is 15.1. The number of aryl methyl sites for hydroxylation is 1. The normalized spacial score (nSPS) is 10.8. The molecule has 0 fully saturated rings. The summed E-state index contributed by atoms with van der Waals surface area (Å²) in [5, 5.41) is 12.3. The van der Waals surface area contributed by atoms with Gasteiger partial charge >= 0.3 is 0 Å². The van der Waals surface area contributed by atoms with E-state index in [-0.39, 0.29) is 5.91 Å². The third-order valence-corrected chi connectivity index (χ3v) is 4.54. The van der Waals surface area contributed by atoms with Crippen LogP contribution in [0.1, 0.15) is 12.0 Å². The lowest BCUT2D eigenvalue weighted by Crippen LogP contribution is -2.27. The number of aromatic nitrogens is 3. The van der Waals surface area contributed by atoms with Crippen LogP contribution in [0.4, 0.5) is 0 Å². The molecule has 1 aromatic heterocycles. The van der Waals surface area contributed by atoms with Crippen LogP contribution < -0.4 is 5.32 Å². The van der Waals surface area contributed by atoms with Crippen molar-refractivity contribution in [3.63, 3.8) is 0 Å². The molecule has 2 aromatic rings. The first-order valence-corrected chi connectivity index (χ1v) is 9.06. The Morgan fingerprint density at radius 2 is 2.17 bits per heavy atom. The van der Waals surface area contributed by atoms with E-state index in [1.54, 1.807) is 13.4 Å². The molecule has 1 N–H and O–H groups in total. The van der Waals surface area contributed by atoms with Gasteiger partial charge in [0.15, 0.2) is 5.16 Å². The molecule has 0 saturated heterocycles. The summed E-state index contributed by atoms with van der Waals surface area (Å²) < 4.78 is 6.97. The van der Waals surface area contributed by atoms with E-state index in [9.17, 15) is 4.79 Å². The lowest BCUT2D eigenvalue weighted by Gasteiger charge is -2.07. The van der Waals surface area contributed by atoms with Gasteiger partial charge in [-0.05, 0) is 30.5 Å². The third kappa shape index (κ3) is 6.51. The molecule has 0 saturated carbocycles. The van der Waals surface area contributed by atoms with Crippen molar-refractivity contribution >= 4 is 29.3 Å². The summed E-state index contributed by atoms with van der Waals surface area (Å²) in [6.45, 7) is 2.07. The predicted molar refractivity (Wildman–Crippen MR) is 95.4 cm³/mol. The van der Waals surface area contributed by atoms with E-state index in [0.29, 0.717) is 23.9 Å². The van der Waals surface area contributed by atoms with Gasteiger partial charge < -0.3 is 14.6 Å². The van der Waals surface area contributed by atoms with Crippen LogP contribution in [0.3, 0.4) is 0 Å². The molecule has 0 bridgehead atoms. The number of thioether (sulfide) groups is 1. The van der Waals surface area contributed by atoms with Gasteiger partial charge in [0, 0.05) is 31.8 Å². The zero-order valence-electron chi connectivity index (χ0n) is 13.6. The highest BCUT2D eigenvalue weighted by Crippen LogP contribution is 2.14. The molecule has 130 valence electrons. The second-order valence-electron chi connectivity index (χ2n) is 5.17. The summed E-state index contributed by atoms with van der Waals surface area (Å²) in [5.74, 6) is 0.309. The van der Waals surface area contributed by atoms with Crippen molar-refractivity contribution in [1.82, 2.24) is 20.1 Å². The van der Waals surface area contributed by atoms with Crippen LogP contribution in [0.25, 0.3) is 0 Å². The molecular formula is C16H21ClN4O2S. The number of carbonyl (C=O) groups excluding carboxylic acids is 1. The van der Waals surface area contributed by atoms with Crippen LogP contribution in [0.5, 0.6) is 0 Å². The summed E-state index contributed by atoms with van der Waals surface area (Å²) in [6.07, 6.45) is 3.34. The Morgan fingerprint density at radius 3 is 2.92 bits per heavy atom. The average molecular weight is 369 g/mol. The molecule has 1 aromatic carbocycles. The Morgan fingerprint density at radius 1 is 1.38 bits per heavy atom. The number of amides is 1. The van der Waals surface area contributed by atoms with E-state index in [1.165, 1.54) is 11.8 Å². The van der Waals surface area contributed by atoms with Crippen LogP contribution in [0, 0.1) is 0 Å². The standard InChI is InChI=1S/C16H21ClN4O2S/c1-23-10-2-9-21-12-19-20-16(21)24-11-15(22)18-8-7-13-3-5-14(17)6-4-13/h3-6,12H,2,7-11H2,1H3,(H,18,22). The molecule has 8 heteroatoms. The second kappa shape index (κ2) is 10.3. The molecule has 0 atom stereocenters. The van der Waals surface area contributed by atoms with Gasteiger partial charge in [0.2, 0.25) is 5.91 Å². The number of methoxy groups -OCH3 is 1. The molecule has 0 unspecified atom stereocenters. The minimum Gasteiger partial charge on any atom is -0.385 e. The average Bonchev–Trinajstić information content (AvgIpc) is 3.02. The van der Waals surface area contributed by atoms with Crippen LogP contribution in [-0.4, -0.2) is 46.7 Å². The predicted octanol–water partition coefficient (Wildman–Crippen LogP) is 2.42. The van der Waals surface area contributed by atoms with Crippen LogP contribution in [0.15, 0.2) is 35.7 Å². The van der Waals surface area contributed by atoms with Gasteiger partial charge in [-0.15, -0.1) is 10.2 Å².